The number of aliphatic hydroxyl groups is 1. The van der Waals surface area contributed by atoms with Crippen LogP contribution in [0.5, 0.6) is 0 Å². The highest BCUT2D eigenvalue weighted by atomic mass is 35.5. The molecule has 0 radical (unpaired) electrons. The minimum absolute atomic E-state index is 0.103. The highest BCUT2D eigenvalue weighted by Gasteiger charge is 2.16. The number of hydrogen-bond acceptors (Lipinski definition) is 4. The van der Waals surface area contributed by atoms with Crippen molar-refractivity contribution in [2.45, 2.75) is 6.10 Å². The number of nitrogens with two attached hydrogens (primary N) is 2. The van der Waals surface area contributed by atoms with Crippen molar-refractivity contribution in [2.75, 3.05) is 12.3 Å². The Morgan fingerprint density at radius 3 is 2.65 bits per heavy atom. The summed E-state index contributed by atoms with van der Waals surface area (Å²) in [4.78, 5) is 22.2. The van der Waals surface area contributed by atoms with Gasteiger partial charge >= 0.3 is 0 Å². The molecule has 0 aliphatic rings. The summed E-state index contributed by atoms with van der Waals surface area (Å²) in [6, 6.07) is 4.63. The van der Waals surface area contributed by atoms with Gasteiger partial charge in [0.05, 0.1) is 17.1 Å². The Morgan fingerprint density at radius 1 is 1.47 bits per heavy atom. The Labute approximate surface area is 103 Å². The van der Waals surface area contributed by atoms with Crippen molar-refractivity contribution < 1.29 is 14.7 Å². The molecule has 1 atom stereocenters. The number of carbonyl (C=O) groups is 2. The predicted octanol–water partition coefficient (Wildman–Crippen LogP) is -0.502. The van der Waals surface area contributed by atoms with Crippen molar-refractivity contribution in [3.63, 3.8) is 0 Å². The smallest absolute Gasteiger partial charge is 0.255 e. The maximum Gasteiger partial charge on any atom is 0.255 e. The number of nitrogens with one attached hydrogen (secondary N) is 1. The second kappa shape index (κ2) is 5.51. The standard InChI is InChI=1S/C10H12ClN3O3/c11-5-2-1-3-6(12)8(5)10(17)14-4-7(15)9(13)16/h1-3,7,15H,4,12H2,(H2,13,16)(H,14,17). The van der Waals surface area contributed by atoms with Crippen LogP contribution in [0.4, 0.5) is 5.69 Å². The molecule has 6 nitrogen and oxygen atoms in total. The zero-order valence-electron chi connectivity index (χ0n) is 8.81. The van der Waals surface area contributed by atoms with Crippen LogP contribution in [0.15, 0.2) is 18.2 Å². The van der Waals surface area contributed by atoms with Gasteiger partial charge in [0.1, 0.15) is 6.10 Å². The minimum atomic E-state index is -1.44. The molecule has 0 aliphatic carbocycles. The number of halogens is 1. The van der Waals surface area contributed by atoms with Gasteiger partial charge in [0, 0.05) is 5.69 Å². The molecule has 0 saturated carbocycles. The lowest BCUT2D eigenvalue weighted by Crippen LogP contribution is -2.40. The molecule has 6 N–H and O–H groups in total. The van der Waals surface area contributed by atoms with E-state index in [0.717, 1.165) is 0 Å². The number of benzene rings is 1. The molecule has 0 fully saturated rings. The lowest BCUT2D eigenvalue weighted by Gasteiger charge is -2.10. The average molecular weight is 258 g/mol. The summed E-state index contributed by atoms with van der Waals surface area (Å²) in [5.74, 6) is -1.49. The van der Waals surface area contributed by atoms with E-state index >= 15 is 0 Å². The monoisotopic (exact) mass is 257 g/mol. The van der Waals surface area contributed by atoms with Crippen LogP contribution in [-0.4, -0.2) is 29.6 Å². The average Bonchev–Trinajstić information content (AvgIpc) is 2.25. The molecule has 1 unspecified atom stereocenters. The molecule has 92 valence electrons. The zero-order chi connectivity index (χ0) is 13.0. The summed E-state index contributed by atoms with van der Waals surface area (Å²) in [6.45, 7) is -0.293. The van der Waals surface area contributed by atoms with Crippen LogP contribution in [0.25, 0.3) is 0 Å². The number of amides is 2. The Balaban J connectivity index is 2.74. The van der Waals surface area contributed by atoms with Crippen molar-refractivity contribution in [3.05, 3.63) is 28.8 Å². The van der Waals surface area contributed by atoms with Crippen LogP contribution >= 0.6 is 11.6 Å². The first-order chi connectivity index (χ1) is 7.93. The molecule has 17 heavy (non-hydrogen) atoms. The summed E-state index contributed by atoms with van der Waals surface area (Å²) < 4.78 is 0. The van der Waals surface area contributed by atoms with E-state index in [2.05, 4.69) is 5.32 Å². The third kappa shape index (κ3) is 3.33. The third-order valence-corrected chi connectivity index (χ3v) is 2.37. The number of rotatable bonds is 4. The number of nitrogen functional groups attached to an aromatic ring is 1. The van der Waals surface area contributed by atoms with Gasteiger partial charge in [0.2, 0.25) is 5.91 Å². The fourth-order valence-electron chi connectivity index (χ4n) is 1.16. The highest BCUT2D eigenvalue weighted by molar-refractivity contribution is 6.34. The van der Waals surface area contributed by atoms with E-state index in [1.165, 1.54) is 12.1 Å². The first-order valence-electron chi connectivity index (χ1n) is 4.73. The van der Waals surface area contributed by atoms with Gasteiger partial charge in [-0.1, -0.05) is 17.7 Å². The van der Waals surface area contributed by atoms with Crippen LogP contribution in [0.1, 0.15) is 10.4 Å². The molecule has 7 heteroatoms. The molecule has 1 rings (SSSR count). The van der Waals surface area contributed by atoms with E-state index in [4.69, 9.17) is 28.2 Å². The molecule has 0 aliphatic heterocycles. The van der Waals surface area contributed by atoms with Gasteiger partial charge in [0.25, 0.3) is 5.91 Å². The predicted molar refractivity (Wildman–Crippen MR) is 63.4 cm³/mol. The van der Waals surface area contributed by atoms with Crippen molar-refractivity contribution in [2.24, 2.45) is 5.73 Å². The lowest BCUT2D eigenvalue weighted by atomic mass is 10.1. The molecular formula is C10H12ClN3O3. The number of carbonyl (C=O) groups excluding carboxylic acids is 2. The molecule has 0 aromatic heterocycles. The third-order valence-electron chi connectivity index (χ3n) is 2.06. The summed E-state index contributed by atoms with van der Waals surface area (Å²) in [7, 11) is 0. The van der Waals surface area contributed by atoms with Crippen molar-refractivity contribution in [1.29, 1.82) is 0 Å². The minimum Gasteiger partial charge on any atom is -0.398 e. The number of aliphatic hydroxyl groups excluding tert-OH is 1. The normalized spacial score (nSPS) is 11.9. The molecule has 0 spiro atoms. The van der Waals surface area contributed by atoms with Gasteiger partial charge in [-0.25, -0.2) is 0 Å². The van der Waals surface area contributed by atoms with Gasteiger partial charge < -0.3 is 21.9 Å². The van der Waals surface area contributed by atoms with E-state index in [1.807, 2.05) is 0 Å². The first-order valence-corrected chi connectivity index (χ1v) is 5.11. The second-order valence-electron chi connectivity index (χ2n) is 3.33. The van der Waals surface area contributed by atoms with E-state index < -0.39 is 17.9 Å². The molecule has 1 aromatic rings. The number of anilines is 1. The number of primary amides is 1. The van der Waals surface area contributed by atoms with E-state index in [9.17, 15) is 9.59 Å². The molecule has 0 heterocycles. The fraction of sp³-hybridized carbons (Fsp3) is 0.200. The highest BCUT2D eigenvalue weighted by Crippen LogP contribution is 2.21. The Kier molecular flexibility index (Phi) is 4.30. The lowest BCUT2D eigenvalue weighted by molar-refractivity contribution is -0.125. The largest absolute Gasteiger partial charge is 0.398 e. The quantitative estimate of drug-likeness (QED) is 0.544. The molecule has 0 saturated heterocycles. The zero-order valence-corrected chi connectivity index (χ0v) is 9.57. The number of hydrogen-bond donors (Lipinski definition) is 4. The second-order valence-corrected chi connectivity index (χ2v) is 3.74. The maximum absolute atomic E-state index is 11.7. The summed E-state index contributed by atoms with van der Waals surface area (Å²) in [5.41, 5.74) is 10.7. The fourth-order valence-corrected chi connectivity index (χ4v) is 1.43. The van der Waals surface area contributed by atoms with Gasteiger partial charge in [-0.15, -0.1) is 0 Å². The van der Waals surface area contributed by atoms with E-state index in [-0.39, 0.29) is 22.8 Å². The van der Waals surface area contributed by atoms with Gasteiger partial charge in [-0.05, 0) is 12.1 Å². The Morgan fingerprint density at radius 2 is 2.12 bits per heavy atom. The summed E-state index contributed by atoms with van der Waals surface area (Å²) >= 11 is 5.81. The topological polar surface area (TPSA) is 118 Å². The molecule has 1 aromatic carbocycles. The van der Waals surface area contributed by atoms with Crippen LogP contribution in [0.3, 0.4) is 0 Å². The van der Waals surface area contributed by atoms with Gasteiger partial charge in [-0.3, -0.25) is 9.59 Å². The van der Waals surface area contributed by atoms with Crippen molar-refractivity contribution in [3.8, 4) is 0 Å². The van der Waals surface area contributed by atoms with Crippen LogP contribution < -0.4 is 16.8 Å². The van der Waals surface area contributed by atoms with E-state index in [0.29, 0.717) is 0 Å². The first kappa shape index (κ1) is 13.3. The van der Waals surface area contributed by atoms with Crippen LogP contribution in [-0.2, 0) is 4.79 Å². The molecule has 2 amide bonds. The SMILES string of the molecule is NC(=O)C(O)CNC(=O)c1c(N)cccc1Cl. The van der Waals surface area contributed by atoms with E-state index in [1.54, 1.807) is 6.07 Å². The maximum atomic E-state index is 11.7. The molecular weight excluding hydrogens is 246 g/mol. The van der Waals surface area contributed by atoms with Gasteiger partial charge in [-0.2, -0.15) is 0 Å². The van der Waals surface area contributed by atoms with Crippen molar-refractivity contribution >= 4 is 29.1 Å². The summed E-state index contributed by atoms with van der Waals surface area (Å²) in [6.07, 6.45) is -1.44. The van der Waals surface area contributed by atoms with Crippen molar-refractivity contribution in [1.82, 2.24) is 5.32 Å². The Bertz CT molecular complexity index is 430. The molecule has 0 bridgehead atoms. The Hall–Kier alpha value is -1.79. The van der Waals surface area contributed by atoms with Gasteiger partial charge in [0.15, 0.2) is 0 Å². The van der Waals surface area contributed by atoms with Crippen LogP contribution in [0, 0.1) is 0 Å². The summed E-state index contributed by atoms with van der Waals surface area (Å²) in [5, 5.41) is 11.6. The van der Waals surface area contributed by atoms with Crippen LogP contribution in [0.2, 0.25) is 5.02 Å².